The van der Waals surface area contributed by atoms with Crippen LogP contribution < -0.4 is 0 Å². The highest BCUT2D eigenvalue weighted by atomic mass is 17.1. The summed E-state index contributed by atoms with van der Waals surface area (Å²) in [6.07, 6.45) is 19.6. The predicted octanol–water partition coefficient (Wildman–Crippen LogP) is 5.13. The van der Waals surface area contributed by atoms with E-state index >= 15 is 0 Å². The molecule has 0 saturated carbocycles. The maximum Gasteiger partial charge on any atom is 0.303 e. The molecule has 0 spiro atoms. The van der Waals surface area contributed by atoms with Crippen LogP contribution in [0.1, 0.15) is 64.7 Å². The van der Waals surface area contributed by atoms with Crippen LogP contribution in [0.4, 0.5) is 0 Å². The van der Waals surface area contributed by atoms with E-state index in [2.05, 4.69) is 24.0 Å². The highest BCUT2D eigenvalue weighted by molar-refractivity contribution is 5.66. The minimum atomic E-state index is -0.712. The molecule has 126 valence electrons. The first-order valence-electron chi connectivity index (χ1n) is 8.21. The van der Waals surface area contributed by atoms with E-state index in [9.17, 15) is 4.79 Å². The van der Waals surface area contributed by atoms with Gasteiger partial charge in [-0.05, 0) is 32.1 Å². The Kier molecular flexibility index (Phi) is 15.0. The first-order valence-corrected chi connectivity index (χ1v) is 8.21. The average molecular weight is 310 g/mol. The standard InChI is InChI=1S/C18H30O4/c1-2-3-4-8-11-14-17(22-21)15-12-9-6-5-7-10-13-16-18(19)20/h3-4,11-12,14-15,17,21H,2,5-10,13,16H2,1H3,(H,19,20)/b4-3-,14-11-,15-12-/t17-/m0/s1. The largest absolute Gasteiger partial charge is 0.481 e. The zero-order chi connectivity index (χ0) is 16.5. The Morgan fingerprint density at radius 2 is 1.68 bits per heavy atom. The van der Waals surface area contributed by atoms with Crippen LogP contribution in [0.2, 0.25) is 0 Å². The minimum absolute atomic E-state index is 0.273. The molecule has 0 aromatic carbocycles. The van der Waals surface area contributed by atoms with Crippen molar-refractivity contribution in [3.63, 3.8) is 0 Å². The molecule has 4 nitrogen and oxygen atoms in total. The smallest absolute Gasteiger partial charge is 0.303 e. The van der Waals surface area contributed by atoms with Crippen LogP contribution in [0.5, 0.6) is 0 Å². The van der Waals surface area contributed by atoms with Gasteiger partial charge in [0.25, 0.3) is 0 Å². The highest BCUT2D eigenvalue weighted by Gasteiger charge is 1.98. The molecule has 0 saturated heterocycles. The topological polar surface area (TPSA) is 66.8 Å². The molecule has 2 N–H and O–H groups in total. The van der Waals surface area contributed by atoms with E-state index in [-0.39, 0.29) is 12.5 Å². The van der Waals surface area contributed by atoms with Crippen molar-refractivity contribution in [3.05, 3.63) is 36.5 Å². The van der Waals surface area contributed by atoms with Crippen LogP contribution in [0.3, 0.4) is 0 Å². The molecule has 0 fully saturated rings. The van der Waals surface area contributed by atoms with Gasteiger partial charge in [-0.25, -0.2) is 4.89 Å². The van der Waals surface area contributed by atoms with Gasteiger partial charge in [0.2, 0.25) is 0 Å². The number of aliphatic carboxylic acids is 1. The molecule has 0 aliphatic heterocycles. The van der Waals surface area contributed by atoms with E-state index < -0.39 is 5.97 Å². The molecule has 1 atom stereocenters. The predicted molar refractivity (Wildman–Crippen MR) is 89.8 cm³/mol. The molecule has 4 heteroatoms. The third kappa shape index (κ3) is 15.0. The molecule has 22 heavy (non-hydrogen) atoms. The van der Waals surface area contributed by atoms with E-state index in [1.165, 1.54) is 0 Å². The van der Waals surface area contributed by atoms with E-state index in [0.29, 0.717) is 0 Å². The van der Waals surface area contributed by atoms with E-state index in [0.717, 1.165) is 51.4 Å². The quantitative estimate of drug-likeness (QED) is 0.202. The minimum Gasteiger partial charge on any atom is -0.481 e. The third-order valence-electron chi connectivity index (χ3n) is 3.21. The van der Waals surface area contributed by atoms with Crippen molar-refractivity contribution in [3.8, 4) is 0 Å². The summed E-state index contributed by atoms with van der Waals surface area (Å²) in [4.78, 5) is 14.7. The third-order valence-corrected chi connectivity index (χ3v) is 3.21. The lowest BCUT2D eigenvalue weighted by Gasteiger charge is -2.02. The van der Waals surface area contributed by atoms with Crippen molar-refractivity contribution in [2.24, 2.45) is 0 Å². The van der Waals surface area contributed by atoms with Gasteiger partial charge in [0.15, 0.2) is 0 Å². The van der Waals surface area contributed by atoms with Gasteiger partial charge in [-0.1, -0.05) is 62.6 Å². The van der Waals surface area contributed by atoms with E-state index in [1.54, 1.807) is 0 Å². The van der Waals surface area contributed by atoms with Crippen molar-refractivity contribution in [2.75, 3.05) is 0 Å². The lowest BCUT2D eigenvalue weighted by Crippen LogP contribution is -2.02. The molecule has 0 radical (unpaired) electrons. The van der Waals surface area contributed by atoms with Crippen LogP contribution in [0.15, 0.2) is 36.5 Å². The summed E-state index contributed by atoms with van der Waals surface area (Å²) in [5.41, 5.74) is 0. The van der Waals surface area contributed by atoms with Gasteiger partial charge in [-0.15, -0.1) is 0 Å². The molecule has 0 rings (SSSR count). The number of rotatable bonds is 14. The van der Waals surface area contributed by atoms with E-state index in [4.69, 9.17) is 10.4 Å². The average Bonchev–Trinajstić information content (AvgIpc) is 2.50. The second kappa shape index (κ2) is 16.0. The van der Waals surface area contributed by atoms with Crippen LogP contribution in [0.25, 0.3) is 0 Å². The molecular weight excluding hydrogens is 280 g/mol. The molecule has 0 aliphatic rings. The first kappa shape index (κ1) is 20.6. The molecule has 0 aromatic heterocycles. The summed E-state index contributed by atoms with van der Waals surface area (Å²) in [5, 5.41) is 17.3. The van der Waals surface area contributed by atoms with Crippen molar-refractivity contribution >= 4 is 5.97 Å². The Hall–Kier alpha value is -1.39. The Bertz CT molecular complexity index is 345. The molecular formula is C18H30O4. The Balaban J connectivity index is 3.63. The summed E-state index contributed by atoms with van der Waals surface area (Å²) in [7, 11) is 0. The Morgan fingerprint density at radius 3 is 2.36 bits per heavy atom. The molecule has 0 heterocycles. The molecule has 0 aromatic rings. The number of carbonyl (C=O) groups is 1. The number of carboxylic acids is 1. The summed E-state index contributed by atoms with van der Waals surface area (Å²) in [6.45, 7) is 2.09. The lowest BCUT2D eigenvalue weighted by molar-refractivity contribution is -0.254. The van der Waals surface area contributed by atoms with Crippen molar-refractivity contribution in [1.29, 1.82) is 0 Å². The van der Waals surface area contributed by atoms with Gasteiger partial charge in [-0.3, -0.25) is 10.1 Å². The zero-order valence-corrected chi connectivity index (χ0v) is 13.6. The van der Waals surface area contributed by atoms with Crippen molar-refractivity contribution < 1.29 is 20.0 Å². The Morgan fingerprint density at radius 1 is 1.00 bits per heavy atom. The molecule has 0 bridgehead atoms. The summed E-state index contributed by atoms with van der Waals surface area (Å²) < 4.78 is 0. The first-order chi connectivity index (χ1) is 10.7. The maximum atomic E-state index is 10.3. The number of allylic oxidation sites excluding steroid dienone is 4. The fourth-order valence-corrected chi connectivity index (χ4v) is 1.99. The Labute approximate surface area is 134 Å². The summed E-state index contributed by atoms with van der Waals surface area (Å²) in [5.74, 6) is -0.712. The van der Waals surface area contributed by atoms with Gasteiger partial charge in [-0.2, -0.15) is 0 Å². The van der Waals surface area contributed by atoms with Crippen molar-refractivity contribution in [2.45, 2.75) is 70.8 Å². The fraction of sp³-hybridized carbons (Fsp3) is 0.611. The van der Waals surface area contributed by atoms with Gasteiger partial charge in [0.1, 0.15) is 6.10 Å². The monoisotopic (exact) mass is 310 g/mol. The summed E-state index contributed by atoms with van der Waals surface area (Å²) >= 11 is 0. The number of carboxylic acid groups (broad SMARTS) is 1. The molecule has 0 aliphatic carbocycles. The highest BCUT2D eigenvalue weighted by Crippen LogP contribution is 2.08. The molecule has 0 unspecified atom stereocenters. The fourth-order valence-electron chi connectivity index (χ4n) is 1.99. The summed E-state index contributed by atoms with van der Waals surface area (Å²) in [6, 6.07) is 0. The van der Waals surface area contributed by atoms with Gasteiger partial charge >= 0.3 is 5.97 Å². The van der Waals surface area contributed by atoms with Crippen LogP contribution in [0, 0.1) is 0 Å². The lowest BCUT2D eigenvalue weighted by atomic mass is 10.1. The van der Waals surface area contributed by atoms with Crippen LogP contribution >= 0.6 is 0 Å². The van der Waals surface area contributed by atoms with Crippen molar-refractivity contribution in [1.82, 2.24) is 0 Å². The number of unbranched alkanes of at least 4 members (excludes halogenated alkanes) is 5. The maximum absolute atomic E-state index is 10.3. The van der Waals surface area contributed by atoms with Gasteiger partial charge in [0, 0.05) is 6.42 Å². The van der Waals surface area contributed by atoms with Gasteiger partial charge in [0.05, 0.1) is 0 Å². The second-order valence-corrected chi connectivity index (χ2v) is 5.24. The van der Waals surface area contributed by atoms with Crippen LogP contribution in [-0.2, 0) is 9.68 Å². The second-order valence-electron chi connectivity index (χ2n) is 5.24. The SMILES string of the molecule is CC/C=C\C/C=C\[C@@H](/C=C\CCCCCCCC(=O)O)OO. The van der Waals surface area contributed by atoms with Crippen LogP contribution in [-0.4, -0.2) is 22.4 Å². The normalized spacial score (nSPS) is 13.5. The number of hydrogen-bond donors (Lipinski definition) is 2. The number of hydrogen-bond acceptors (Lipinski definition) is 3. The van der Waals surface area contributed by atoms with Gasteiger partial charge < -0.3 is 5.11 Å². The zero-order valence-electron chi connectivity index (χ0n) is 13.6. The van der Waals surface area contributed by atoms with E-state index in [1.807, 2.05) is 24.3 Å². The molecule has 0 amide bonds.